The molecule has 1 aromatic carbocycles. The Morgan fingerprint density at radius 1 is 1.05 bits per heavy atom. The molecule has 0 saturated carbocycles. The monoisotopic (exact) mass is 315 g/mol. The molecule has 0 unspecified atom stereocenters. The summed E-state index contributed by atoms with van der Waals surface area (Å²) in [5.41, 5.74) is 2.37. The number of halogens is 1. The van der Waals surface area contributed by atoms with Gasteiger partial charge in [0.1, 0.15) is 11.3 Å². The van der Waals surface area contributed by atoms with Gasteiger partial charge in [-0.25, -0.2) is 4.98 Å². The normalized spacial score (nSPS) is 10.6. The van der Waals surface area contributed by atoms with Crippen LogP contribution in [0.15, 0.2) is 47.2 Å². The molecule has 0 fully saturated rings. The van der Waals surface area contributed by atoms with Gasteiger partial charge in [-0.1, -0.05) is 22.0 Å². The third-order valence-corrected chi connectivity index (χ3v) is 3.16. The third kappa shape index (κ3) is 2.56. The SMILES string of the molecule is Cc1ccc(Br)cc1Oc1ccc2nccnc2n1. The maximum Gasteiger partial charge on any atom is 0.221 e. The number of aromatic nitrogens is 3. The number of hydrogen-bond donors (Lipinski definition) is 0. The lowest BCUT2D eigenvalue weighted by Gasteiger charge is -2.08. The molecule has 0 bridgehead atoms. The molecule has 0 atom stereocenters. The molecule has 0 aliphatic carbocycles. The van der Waals surface area contributed by atoms with E-state index in [-0.39, 0.29) is 0 Å². The van der Waals surface area contributed by atoms with Crippen LogP contribution in [0, 0.1) is 6.92 Å². The van der Waals surface area contributed by atoms with Crippen molar-refractivity contribution in [3.05, 3.63) is 52.8 Å². The molecule has 3 rings (SSSR count). The van der Waals surface area contributed by atoms with Gasteiger partial charge in [0.2, 0.25) is 5.88 Å². The largest absolute Gasteiger partial charge is 0.439 e. The molecule has 2 heterocycles. The smallest absolute Gasteiger partial charge is 0.221 e. The molecule has 0 radical (unpaired) electrons. The first-order chi connectivity index (χ1) is 9.22. The molecule has 0 aliphatic rings. The Kier molecular flexibility index (Phi) is 3.13. The summed E-state index contributed by atoms with van der Waals surface area (Å²) in [4.78, 5) is 12.7. The van der Waals surface area contributed by atoms with Crippen LogP contribution in [-0.4, -0.2) is 15.0 Å². The van der Waals surface area contributed by atoms with Crippen LogP contribution in [-0.2, 0) is 0 Å². The minimum absolute atomic E-state index is 0.509. The Hall–Kier alpha value is -2.01. The van der Waals surface area contributed by atoms with Gasteiger partial charge in [-0.05, 0) is 30.7 Å². The number of ether oxygens (including phenoxy) is 1. The summed E-state index contributed by atoms with van der Waals surface area (Å²) in [5, 5.41) is 0. The average Bonchev–Trinajstić information content (AvgIpc) is 2.43. The molecule has 5 heteroatoms. The van der Waals surface area contributed by atoms with Crippen LogP contribution in [0.2, 0.25) is 0 Å². The molecule has 0 spiro atoms. The Morgan fingerprint density at radius 3 is 2.79 bits per heavy atom. The van der Waals surface area contributed by atoms with Crippen molar-refractivity contribution in [1.82, 2.24) is 15.0 Å². The lowest BCUT2D eigenvalue weighted by Crippen LogP contribution is -1.92. The summed E-state index contributed by atoms with van der Waals surface area (Å²) in [5.74, 6) is 1.28. The second kappa shape index (κ2) is 4.93. The summed E-state index contributed by atoms with van der Waals surface area (Å²) in [6.07, 6.45) is 3.26. The lowest BCUT2D eigenvalue weighted by atomic mass is 10.2. The third-order valence-electron chi connectivity index (χ3n) is 2.67. The second-order valence-corrected chi connectivity index (χ2v) is 4.98. The van der Waals surface area contributed by atoms with Crippen molar-refractivity contribution in [1.29, 1.82) is 0 Å². The fourth-order valence-electron chi connectivity index (χ4n) is 1.69. The molecular weight excluding hydrogens is 306 g/mol. The zero-order valence-corrected chi connectivity index (χ0v) is 11.8. The highest BCUT2D eigenvalue weighted by molar-refractivity contribution is 9.10. The van der Waals surface area contributed by atoms with Crippen LogP contribution in [0.1, 0.15) is 5.56 Å². The Bertz CT molecular complexity index is 746. The van der Waals surface area contributed by atoms with Crippen molar-refractivity contribution in [2.45, 2.75) is 6.92 Å². The van der Waals surface area contributed by atoms with Gasteiger partial charge in [0.05, 0.1) is 0 Å². The van der Waals surface area contributed by atoms with E-state index < -0.39 is 0 Å². The minimum Gasteiger partial charge on any atom is -0.439 e. The van der Waals surface area contributed by atoms with E-state index in [1.54, 1.807) is 18.5 Å². The van der Waals surface area contributed by atoms with Crippen molar-refractivity contribution in [2.75, 3.05) is 0 Å². The van der Waals surface area contributed by atoms with E-state index in [2.05, 4.69) is 30.9 Å². The van der Waals surface area contributed by atoms with Crippen molar-refractivity contribution in [3.8, 4) is 11.6 Å². The number of fused-ring (bicyclic) bond motifs is 1. The van der Waals surface area contributed by atoms with Crippen molar-refractivity contribution >= 4 is 27.1 Å². The van der Waals surface area contributed by atoms with Crippen LogP contribution in [0.25, 0.3) is 11.2 Å². The molecule has 19 heavy (non-hydrogen) atoms. The maximum absolute atomic E-state index is 5.79. The van der Waals surface area contributed by atoms with Crippen LogP contribution in [0.5, 0.6) is 11.6 Å². The van der Waals surface area contributed by atoms with E-state index >= 15 is 0 Å². The Balaban J connectivity index is 1.98. The van der Waals surface area contributed by atoms with E-state index in [1.807, 2.05) is 31.2 Å². The number of hydrogen-bond acceptors (Lipinski definition) is 4. The van der Waals surface area contributed by atoms with Gasteiger partial charge >= 0.3 is 0 Å². The van der Waals surface area contributed by atoms with Gasteiger partial charge in [0.25, 0.3) is 0 Å². The van der Waals surface area contributed by atoms with Gasteiger partial charge in [-0.2, -0.15) is 4.98 Å². The second-order valence-electron chi connectivity index (χ2n) is 4.06. The van der Waals surface area contributed by atoms with Crippen LogP contribution in [0.4, 0.5) is 0 Å². The first-order valence-corrected chi connectivity index (χ1v) is 6.53. The molecular formula is C14H10BrN3O. The minimum atomic E-state index is 0.509. The molecule has 0 aliphatic heterocycles. The predicted molar refractivity (Wildman–Crippen MR) is 76.3 cm³/mol. The highest BCUT2D eigenvalue weighted by atomic mass is 79.9. The highest BCUT2D eigenvalue weighted by Gasteiger charge is 2.05. The fourth-order valence-corrected chi connectivity index (χ4v) is 2.03. The zero-order valence-electron chi connectivity index (χ0n) is 10.2. The molecule has 94 valence electrons. The van der Waals surface area contributed by atoms with Gasteiger partial charge in [-0.15, -0.1) is 0 Å². The Morgan fingerprint density at radius 2 is 1.89 bits per heavy atom. The van der Waals surface area contributed by atoms with Crippen LogP contribution >= 0.6 is 15.9 Å². The number of pyridine rings is 1. The lowest BCUT2D eigenvalue weighted by molar-refractivity contribution is 0.461. The van der Waals surface area contributed by atoms with Crippen LogP contribution in [0.3, 0.4) is 0 Å². The standard InChI is InChI=1S/C14H10BrN3O/c1-9-2-3-10(15)8-12(9)19-13-5-4-11-14(18-13)17-7-6-16-11/h2-8H,1H3. The van der Waals surface area contributed by atoms with Crippen LogP contribution < -0.4 is 4.74 Å². The van der Waals surface area contributed by atoms with Gasteiger partial charge in [0.15, 0.2) is 5.65 Å². The zero-order chi connectivity index (χ0) is 13.2. The first kappa shape index (κ1) is 12.0. The van der Waals surface area contributed by atoms with E-state index in [1.165, 1.54) is 0 Å². The first-order valence-electron chi connectivity index (χ1n) is 5.74. The van der Waals surface area contributed by atoms with Gasteiger partial charge < -0.3 is 4.74 Å². The molecule has 0 saturated heterocycles. The Labute approximate surface area is 118 Å². The van der Waals surface area contributed by atoms with E-state index in [0.29, 0.717) is 11.5 Å². The van der Waals surface area contributed by atoms with E-state index in [4.69, 9.17) is 4.74 Å². The maximum atomic E-state index is 5.79. The summed E-state index contributed by atoms with van der Waals surface area (Å²) >= 11 is 3.43. The molecule has 2 aromatic heterocycles. The molecule has 3 aromatic rings. The highest BCUT2D eigenvalue weighted by Crippen LogP contribution is 2.27. The van der Waals surface area contributed by atoms with E-state index in [9.17, 15) is 0 Å². The van der Waals surface area contributed by atoms with Crippen molar-refractivity contribution in [2.24, 2.45) is 0 Å². The summed E-state index contributed by atoms with van der Waals surface area (Å²) in [7, 11) is 0. The number of aryl methyl sites for hydroxylation is 1. The summed E-state index contributed by atoms with van der Waals surface area (Å²) in [6, 6.07) is 9.51. The number of rotatable bonds is 2. The van der Waals surface area contributed by atoms with Gasteiger partial charge in [-0.3, -0.25) is 4.98 Å². The quantitative estimate of drug-likeness (QED) is 0.720. The number of benzene rings is 1. The average molecular weight is 316 g/mol. The van der Waals surface area contributed by atoms with Crippen molar-refractivity contribution in [3.63, 3.8) is 0 Å². The molecule has 0 N–H and O–H groups in total. The van der Waals surface area contributed by atoms with E-state index in [0.717, 1.165) is 21.3 Å². The fraction of sp³-hybridized carbons (Fsp3) is 0.0714. The number of nitrogens with zero attached hydrogens (tertiary/aromatic N) is 3. The summed E-state index contributed by atoms with van der Waals surface area (Å²) in [6.45, 7) is 1.99. The topological polar surface area (TPSA) is 47.9 Å². The molecule has 4 nitrogen and oxygen atoms in total. The predicted octanol–water partition coefficient (Wildman–Crippen LogP) is 3.89. The summed E-state index contributed by atoms with van der Waals surface area (Å²) < 4.78 is 6.76. The van der Waals surface area contributed by atoms with Crippen molar-refractivity contribution < 1.29 is 4.74 Å². The van der Waals surface area contributed by atoms with Gasteiger partial charge in [0, 0.05) is 22.9 Å². The molecule has 0 amide bonds.